The van der Waals surface area contributed by atoms with E-state index in [0.29, 0.717) is 0 Å². The van der Waals surface area contributed by atoms with Crippen molar-refractivity contribution >= 4 is 17.3 Å². The van der Waals surface area contributed by atoms with Gasteiger partial charge in [0, 0.05) is 29.3 Å². The molecule has 1 aliphatic rings. The van der Waals surface area contributed by atoms with E-state index in [1.54, 1.807) is 6.92 Å². The molecule has 1 atom stereocenters. The minimum Gasteiger partial charge on any atom is -0.399 e. The van der Waals surface area contributed by atoms with E-state index >= 15 is 0 Å². The molecule has 2 N–H and O–H groups in total. The van der Waals surface area contributed by atoms with Gasteiger partial charge in [0.1, 0.15) is 0 Å². The molecule has 0 fully saturated rings. The first-order chi connectivity index (χ1) is 10.8. The highest BCUT2D eigenvalue weighted by atomic mass is 16.2. The molecule has 1 amide bonds. The highest BCUT2D eigenvalue weighted by molar-refractivity contribution is 5.95. The van der Waals surface area contributed by atoms with Gasteiger partial charge >= 0.3 is 0 Å². The van der Waals surface area contributed by atoms with Crippen LogP contribution in [0.25, 0.3) is 0 Å². The molecule has 0 unspecified atom stereocenters. The molecule has 0 spiro atoms. The van der Waals surface area contributed by atoms with Crippen LogP contribution in [0.5, 0.6) is 0 Å². The average molecular weight is 308 g/mol. The van der Waals surface area contributed by atoms with Crippen LogP contribution in [0.15, 0.2) is 48.5 Å². The zero-order chi connectivity index (χ0) is 16.8. The van der Waals surface area contributed by atoms with Crippen molar-refractivity contribution in [2.24, 2.45) is 0 Å². The fourth-order valence-corrected chi connectivity index (χ4v) is 4.22. The quantitative estimate of drug-likeness (QED) is 0.806. The van der Waals surface area contributed by atoms with E-state index in [1.165, 1.54) is 5.56 Å². The molecule has 2 aromatic rings. The first-order valence-corrected chi connectivity index (χ1v) is 8.02. The Morgan fingerprint density at radius 2 is 1.74 bits per heavy atom. The second kappa shape index (κ2) is 5.12. The topological polar surface area (TPSA) is 46.3 Å². The molecule has 120 valence electrons. The van der Waals surface area contributed by atoms with Gasteiger partial charge in [0.05, 0.1) is 0 Å². The predicted molar refractivity (Wildman–Crippen MR) is 95.6 cm³/mol. The van der Waals surface area contributed by atoms with Crippen molar-refractivity contribution in [2.75, 3.05) is 10.6 Å². The maximum Gasteiger partial charge on any atom is 0.224 e. The average Bonchev–Trinajstić information content (AvgIpc) is 2.48. The first-order valence-electron chi connectivity index (χ1n) is 8.02. The zero-order valence-corrected chi connectivity index (χ0v) is 14.3. The summed E-state index contributed by atoms with van der Waals surface area (Å²) in [6.07, 6.45) is 0.847. The lowest BCUT2D eigenvalue weighted by atomic mass is 9.65. The van der Waals surface area contributed by atoms with Crippen LogP contribution >= 0.6 is 0 Å². The summed E-state index contributed by atoms with van der Waals surface area (Å²) in [5, 5.41) is 0. The summed E-state index contributed by atoms with van der Waals surface area (Å²) in [7, 11) is 0. The van der Waals surface area contributed by atoms with Crippen molar-refractivity contribution in [3.8, 4) is 0 Å². The van der Waals surface area contributed by atoms with Crippen LogP contribution < -0.4 is 10.6 Å². The Kier molecular flexibility index (Phi) is 3.47. The summed E-state index contributed by atoms with van der Waals surface area (Å²) in [5.74, 6) is 0.0659. The monoisotopic (exact) mass is 308 g/mol. The number of rotatable bonds is 1. The zero-order valence-electron chi connectivity index (χ0n) is 14.3. The molecule has 23 heavy (non-hydrogen) atoms. The molecule has 3 rings (SSSR count). The number of hydrogen-bond acceptors (Lipinski definition) is 2. The number of nitrogens with two attached hydrogens (primary N) is 1. The molecule has 0 saturated carbocycles. The molecule has 0 bridgehead atoms. The Morgan fingerprint density at radius 1 is 1.09 bits per heavy atom. The minimum atomic E-state index is -0.264. The van der Waals surface area contributed by atoms with Gasteiger partial charge in [0.15, 0.2) is 0 Å². The Hall–Kier alpha value is -2.29. The van der Waals surface area contributed by atoms with Crippen LogP contribution in [-0.4, -0.2) is 11.4 Å². The van der Waals surface area contributed by atoms with Gasteiger partial charge in [-0.3, -0.25) is 4.79 Å². The first kappa shape index (κ1) is 15.6. The summed E-state index contributed by atoms with van der Waals surface area (Å²) in [6.45, 7) is 8.15. The van der Waals surface area contributed by atoms with Crippen LogP contribution in [0.2, 0.25) is 0 Å². The molecule has 1 heterocycles. The smallest absolute Gasteiger partial charge is 0.224 e. The van der Waals surface area contributed by atoms with E-state index < -0.39 is 0 Å². The number of benzene rings is 2. The van der Waals surface area contributed by atoms with Crippen molar-refractivity contribution in [2.45, 2.75) is 45.1 Å². The summed E-state index contributed by atoms with van der Waals surface area (Å²) in [5.41, 5.74) is 9.70. The fourth-order valence-electron chi connectivity index (χ4n) is 4.22. The minimum absolute atomic E-state index is 0.0659. The number of fused-ring (bicyclic) bond motifs is 1. The molecule has 0 aliphatic carbocycles. The highest BCUT2D eigenvalue weighted by Gasteiger charge is 2.46. The maximum atomic E-state index is 12.3. The molecule has 2 aromatic carbocycles. The van der Waals surface area contributed by atoms with Gasteiger partial charge in [-0.15, -0.1) is 0 Å². The van der Waals surface area contributed by atoms with Crippen molar-refractivity contribution in [3.05, 3.63) is 59.7 Å². The Balaban J connectivity index is 2.30. The van der Waals surface area contributed by atoms with E-state index in [1.807, 2.05) is 29.2 Å². The molecule has 1 aliphatic heterocycles. The SMILES string of the molecule is CC(=O)N1c2ccc(N)cc2[C@@](C)(c2ccccc2)CC1(C)C. The number of anilines is 2. The molecule has 0 saturated heterocycles. The lowest BCUT2D eigenvalue weighted by Crippen LogP contribution is -2.55. The van der Waals surface area contributed by atoms with Gasteiger partial charge in [0.2, 0.25) is 5.91 Å². The lowest BCUT2D eigenvalue weighted by Gasteiger charge is -2.51. The van der Waals surface area contributed by atoms with E-state index in [0.717, 1.165) is 23.4 Å². The van der Waals surface area contributed by atoms with E-state index in [4.69, 9.17) is 5.73 Å². The van der Waals surface area contributed by atoms with Crippen LogP contribution in [0.1, 0.15) is 45.2 Å². The van der Waals surface area contributed by atoms with Gasteiger partial charge in [-0.25, -0.2) is 0 Å². The highest BCUT2D eigenvalue weighted by Crippen LogP contribution is 2.50. The predicted octanol–water partition coefficient (Wildman–Crippen LogP) is 4.11. The molecule has 3 nitrogen and oxygen atoms in total. The van der Waals surface area contributed by atoms with Crippen LogP contribution in [0, 0.1) is 0 Å². The van der Waals surface area contributed by atoms with E-state index in [-0.39, 0.29) is 16.9 Å². The summed E-state index contributed by atoms with van der Waals surface area (Å²) in [4.78, 5) is 14.2. The number of nitrogen functional groups attached to an aromatic ring is 1. The van der Waals surface area contributed by atoms with Gasteiger partial charge in [0.25, 0.3) is 0 Å². The second-order valence-corrected chi connectivity index (χ2v) is 7.32. The van der Waals surface area contributed by atoms with Crippen molar-refractivity contribution in [1.82, 2.24) is 0 Å². The van der Waals surface area contributed by atoms with Crippen molar-refractivity contribution < 1.29 is 4.79 Å². The Morgan fingerprint density at radius 3 is 2.35 bits per heavy atom. The number of nitrogens with zero attached hydrogens (tertiary/aromatic N) is 1. The standard InChI is InChI=1S/C20H24N2O/c1-14(23)22-18-11-10-16(21)12-17(18)20(4,13-19(22,2)3)15-8-6-5-7-9-15/h5-12H,13,21H2,1-4H3/t20-/m1/s1. The second-order valence-electron chi connectivity index (χ2n) is 7.32. The Labute approximate surface area is 138 Å². The molecule has 0 radical (unpaired) electrons. The third-order valence-electron chi connectivity index (χ3n) is 4.97. The Bertz CT molecular complexity index is 751. The van der Waals surface area contributed by atoms with Gasteiger partial charge in [-0.2, -0.15) is 0 Å². The van der Waals surface area contributed by atoms with Gasteiger partial charge < -0.3 is 10.6 Å². The summed E-state index contributed by atoms with van der Waals surface area (Å²) in [6, 6.07) is 16.4. The summed E-state index contributed by atoms with van der Waals surface area (Å²) >= 11 is 0. The summed E-state index contributed by atoms with van der Waals surface area (Å²) < 4.78 is 0. The van der Waals surface area contributed by atoms with Gasteiger partial charge in [-0.1, -0.05) is 37.3 Å². The van der Waals surface area contributed by atoms with Crippen LogP contribution in [0.3, 0.4) is 0 Å². The number of hydrogen-bond donors (Lipinski definition) is 1. The fraction of sp³-hybridized carbons (Fsp3) is 0.350. The molecular formula is C20H24N2O. The lowest BCUT2D eigenvalue weighted by molar-refractivity contribution is -0.117. The largest absolute Gasteiger partial charge is 0.399 e. The van der Waals surface area contributed by atoms with Crippen molar-refractivity contribution in [1.29, 1.82) is 0 Å². The number of amides is 1. The van der Waals surface area contributed by atoms with E-state index in [2.05, 4.69) is 45.0 Å². The molecule has 0 aromatic heterocycles. The normalized spacial score (nSPS) is 22.5. The maximum absolute atomic E-state index is 12.3. The molecule has 3 heteroatoms. The van der Waals surface area contributed by atoms with Gasteiger partial charge in [-0.05, 0) is 49.6 Å². The van der Waals surface area contributed by atoms with Crippen molar-refractivity contribution in [3.63, 3.8) is 0 Å². The van der Waals surface area contributed by atoms with E-state index in [9.17, 15) is 4.79 Å². The number of carbonyl (C=O) groups is 1. The third kappa shape index (κ3) is 2.40. The van der Waals surface area contributed by atoms with Crippen LogP contribution in [0.4, 0.5) is 11.4 Å². The van der Waals surface area contributed by atoms with Crippen LogP contribution in [-0.2, 0) is 10.2 Å². The third-order valence-corrected chi connectivity index (χ3v) is 4.97. The molecular weight excluding hydrogens is 284 g/mol. The number of carbonyl (C=O) groups excluding carboxylic acids is 1.